The molecule has 0 N–H and O–H groups in total. The summed E-state index contributed by atoms with van der Waals surface area (Å²) in [6, 6.07) is 12.7. The molecular weight excluding hydrogens is 356 g/mol. The van der Waals surface area contributed by atoms with E-state index < -0.39 is 0 Å². The van der Waals surface area contributed by atoms with E-state index in [0.717, 1.165) is 11.4 Å². The van der Waals surface area contributed by atoms with E-state index in [-0.39, 0.29) is 19.1 Å². The molecule has 3 aromatic rings. The minimum atomic E-state index is -0.157. The molecule has 26 heavy (non-hydrogen) atoms. The van der Waals surface area contributed by atoms with Crippen LogP contribution in [-0.2, 0) is 11.3 Å². The van der Waals surface area contributed by atoms with Crippen molar-refractivity contribution in [2.24, 2.45) is 0 Å². The molecule has 0 radical (unpaired) electrons. The van der Waals surface area contributed by atoms with Crippen LogP contribution in [0.4, 0.5) is 5.69 Å². The number of amides is 1. The van der Waals surface area contributed by atoms with Gasteiger partial charge in [0.1, 0.15) is 17.2 Å². The van der Waals surface area contributed by atoms with Crippen LogP contribution >= 0.6 is 11.6 Å². The van der Waals surface area contributed by atoms with Crippen LogP contribution in [0.2, 0.25) is 5.02 Å². The summed E-state index contributed by atoms with van der Waals surface area (Å²) in [6.45, 7) is 0.262. The number of ether oxygens (including phenoxy) is 2. The van der Waals surface area contributed by atoms with Gasteiger partial charge in [0.05, 0.1) is 31.2 Å². The summed E-state index contributed by atoms with van der Waals surface area (Å²) < 4.78 is 12.3. The Bertz CT molecular complexity index is 973. The first-order valence-electron chi connectivity index (χ1n) is 7.92. The number of halogens is 1. The molecule has 2 heterocycles. The minimum Gasteiger partial charge on any atom is -0.497 e. The minimum absolute atomic E-state index is 0.0152. The average Bonchev–Trinajstić information content (AvgIpc) is 3.13. The number of methoxy groups -OCH3 is 1. The van der Waals surface area contributed by atoms with Crippen LogP contribution in [0.1, 0.15) is 5.69 Å². The largest absolute Gasteiger partial charge is 0.497 e. The Morgan fingerprint density at radius 3 is 3.00 bits per heavy atom. The van der Waals surface area contributed by atoms with E-state index >= 15 is 0 Å². The quantitative estimate of drug-likeness (QED) is 0.706. The smallest absolute Gasteiger partial charge is 0.265 e. The molecule has 8 heteroatoms. The highest BCUT2D eigenvalue weighted by Gasteiger charge is 2.26. The summed E-state index contributed by atoms with van der Waals surface area (Å²) in [5.74, 6) is 1.19. The molecule has 0 fully saturated rings. The molecule has 4 rings (SSSR count). The Hall–Kier alpha value is -3.06. The van der Waals surface area contributed by atoms with E-state index in [1.165, 1.54) is 0 Å². The van der Waals surface area contributed by atoms with Crippen molar-refractivity contribution in [3.8, 4) is 17.2 Å². The second-order valence-corrected chi connectivity index (χ2v) is 6.17. The van der Waals surface area contributed by atoms with Gasteiger partial charge >= 0.3 is 0 Å². The monoisotopic (exact) mass is 370 g/mol. The van der Waals surface area contributed by atoms with Crippen molar-refractivity contribution in [2.75, 3.05) is 18.6 Å². The van der Waals surface area contributed by atoms with Gasteiger partial charge in [-0.15, -0.1) is 5.10 Å². The van der Waals surface area contributed by atoms with Gasteiger partial charge in [-0.2, -0.15) is 0 Å². The molecule has 0 unspecified atom stereocenters. The summed E-state index contributed by atoms with van der Waals surface area (Å²) in [5, 5.41) is 8.85. The van der Waals surface area contributed by atoms with Crippen molar-refractivity contribution < 1.29 is 14.3 Å². The van der Waals surface area contributed by atoms with Gasteiger partial charge in [0.25, 0.3) is 5.91 Å². The standard InChI is InChI=1S/C18H15ClN4O3/c1-25-15-4-2-3-14(8-15)23-10-13(20-21-23)9-22-16-7-12(19)5-6-17(16)26-11-18(22)24/h2-8,10H,9,11H2,1H3. The lowest BCUT2D eigenvalue weighted by Crippen LogP contribution is -2.38. The number of anilines is 1. The summed E-state index contributed by atoms with van der Waals surface area (Å²) in [7, 11) is 1.61. The van der Waals surface area contributed by atoms with Gasteiger partial charge in [0, 0.05) is 11.1 Å². The maximum Gasteiger partial charge on any atom is 0.265 e. The Kier molecular flexibility index (Phi) is 4.22. The van der Waals surface area contributed by atoms with Gasteiger partial charge in [-0.3, -0.25) is 9.69 Å². The first kappa shape index (κ1) is 16.4. The van der Waals surface area contributed by atoms with Crippen molar-refractivity contribution >= 4 is 23.2 Å². The van der Waals surface area contributed by atoms with E-state index in [9.17, 15) is 4.79 Å². The van der Waals surface area contributed by atoms with E-state index in [4.69, 9.17) is 21.1 Å². The molecular formula is C18H15ClN4O3. The average molecular weight is 371 g/mol. The fourth-order valence-corrected chi connectivity index (χ4v) is 2.93. The topological polar surface area (TPSA) is 69.5 Å². The molecule has 0 aliphatic carbocycles. The van der Waals surface area contributed by atoms with Gasteiger partial charge < -0.3 is 9.47 Å². The van der Waals surface area contributed by atoms with E-state index in [2.05, 4.69) is 10.3 Å². The highest BCUT2D eigenvalue weighted by atomic mass is 35.5. The maximum atomic E-state index is 12.3. The van der Waals surface area contributed by atoms with Crippen molar-refractivity contribution in [3.05, 3.63) is 59.4 Å². The SMILES string of the molecule is COc1cccc(-n2cc(CN3C(=O)COc4ccc(Cl)cc43)nn2)c1. The summed E-state index contributed by atoms with van der Waals surface area (Å²) >= 11 is 6.07. The van der Waals surface area contributed by atoms with Gasteiger partial charge in [0.15, 0.2) is 6.61 Å². The summed E-state index contributed by atoms with van der Waals surface area (Å²) in [5.41, 5.74) is 2.10. The molecule has 1 aliphatic heterocycles. The molecule has 1 aromatic heterocycles. The van der Waals surface area contributed by atoms with E-state index in [0.29, 0.717) is 22.2 Å². The lowest BCUT2D eigenvalue weighted by Gasteiger charge is -2.28. The predicted octanol–water partition coefficient (Wildman–Crippen LogP) is 2.85. The number of hydrogen-bond donors (Lipinski definition) is 0. The number of hydrogen-bond acceptors (Lipinski definition) is 5. The number of benzene rings is 2. The molecule has 0 spiro atoms. The van der Waals surface area contributed by atoms with E-state index in [1.54, 1.807) is 41.1 Å². The lowest BCUT2D eigenvalue weighted by molar-refractivity contribution is -0.121. The number of carbonyl (C=O) groups excluding carboxylic acids is 1. The summed E-state index contributed by atoms with van der Waals surface area (Å²) in [6.07, 6.45) is 1.78. The highest BCUT2D eigenvalue weighted by Crippen LogP contribution is 2.35. The van der Waals surface area contributed by atoms with Crippen molar-refractivity contribution in [2.45, 2.75) is 6.54 Å². The zero-order chi connectivity index (χ0) is 18.1. The molecule has 7 nitrogen and oxygen atoms in total. The fraction of sp³-hybridized carbons (Fsp3) is 0.167. The molecule has 2 aromatic carbocycles. The number of nitrogens with zero attached hydrogens (tertiary/aromatic N) is 4. The van der Waals surface area contributed by atoms with Crippen LogP contribution in [0, 0.1) is 0 Å². The summed E-state index contributed by atoms with van der Waals surface area (Å²) in [4.78, 5) is 13.9. The van der Waals surface area contributed by atoms with Crippen LogP contribution in [0.25, 0.3) is 5.69 Å². The third-order valence-electron chi connectivity index (χ3n) is 4.04. The second-order valence-electron chi connectivity index (χ2n) is 5.74. The molecule has 0 bridgehead atoms. The van der Waals surface area contributed by atoms with Gasteiger partial charge in [0.2, 0.25) is 0 Å². The maximum absolute atomic E-state index is 12.3. The van der Waals surface area contributed by atoms with Crippen LogP contribution in [-0.4, -0.2) is 34.6 Å². The van der Waals surface area contributed by atoms with Crippen molar-refractivity contribution in [1.29, 1.82) is 0 Å². The number of rotatable bonds is 4. The molecule has 0 saturated heterocycles. The van der Waals surface area contributed by atoms with Crippen molar-refractivity contribution in [3.63, 3.8) is 0 Å². The normalized spacial score (nSPS) is 13.3. The molecule has 1 aliphatic rings. The zero-order valence-electron chi connectivity index (χ0n) is 13.9. The predicted molar refractivity (Wildman–Crippen MR) is 96.0 cm³/mol. The fourth-order valence-electron chi connectivity index (χ4n) is 2.76. The molecule has 132 valence electrons. The third kappa shape index (κ3) is 3.09. The Morgan fingerprint density at radius 1 is 1.27 bits per heavy atom. The van der Waals surface area contributed by atoms with Gasteiger partial charge in [-0.05, 0) is 30.3 Å². The van der Waals surface area contributed by atoms with Gasteiger partial charge in [-0.1, -0.05) is 22.9 Å². The molecule has 0 atom stereocenters. The highest BCUT2D eigenvalue weighted by molar-refractivity contribution is 6.31. The number of fused-ring (bicyclic) bond motifs is 1. The van der Waals surface area contributed by atoms with Crippen LogP contribution in [0.15, 0.2) is 48.7 Å². The van der Waals surface area contributed by atoms with Crippen LogP contribution in [0.5, 0.6) is 11.5 Å². The van der Waals surface area contributed by atoms with Crippen LogP contribution in [0.3, 0.4) is 0 Å². The van der Waals surface area contributed by atoms with Gasteiger partial charge in [-0.25, -0.2) is 4.68 Å². The first-order chi connectivity index (χ1) is 12.6. The Balaban J connectivity index is 1.61. The van der Waals surface area contributed by atoms with Crippen LogP contribution < -0.4 is 14.4 Å². The Morgan fingerprint density at radius 2 is 2.15 bits per heavy atom. The van der Waals surface area contributed by atoms with Crippen molar-refractivity contribution in [1.82, 2.24) is 15.0 Å². The van der Waals surface area contributed by atoms with E-state index in [1.807, 2.05) is 24.3 Å². The number of aromatic nitrogens is 3. The zero-order valence-corrected chi connectivity index (χ0v) is 14.7. The second kappa shape index (κ2) is 6.68. The molecule has 1 amide bonds. The Labute approximate surface area is 154 Å². The molecule has 0 saturated carbocycles. The number of carbonyl (C=O) groups is 1. The third-order valence-corrected chi connectivity index (χ3v) is 4.28. The first-order valence-corrected chi connectivity index (χ1v) is 8.30. The lowest BCUT2D eigenvalue weighted by atomic mass is 10.2.